The average Bonchev–Trinajstić information content (AvgIpc) is 2.91. The summed E-state index contributed by atoms with van der Waals surface area (Å²) in [4.78, 5) is 11.6. The average molecular weight is 262 g/mol. The van der Waals surface area contributed by atoms with E-state index in [9.17, 15) is 9.18 Å². The molecule has 2 aromatic rings. The summed E-state index contributed by atoms with van der Waals surface area (Å²) in [5, 5.41) is 5.47. The van der Waals surface area contributed by atoms with Crippen LogP contribution >= 0.6 is 0 Å². The van der Waals surface area contributed by atoms with Crippen molar-refractivity contribution in [2.45, 2.75) is 6.42 Å². The number of benzene rings is 1. The van der Waals surface area contributed by atoms with E-state index in [1.165, 1.54) is 12.1 Å². The van der Waals surface area contributed by atoms with Crippen LogP contribution in [-0.4, -0.2) is 19.0 Å². The van der Waals surface area contributed by atoms with Gasteiger partial charge in [0.25, 0.3) is 0 Å². The van der Waals surface area contributed by atoms with Crippen LogP contribution in [0.3, 0.4) is 0 Å². The number of amides is 1. The summed E-state index contributed by atoms with van der Waals surface area (Å²) in [6.07, 6.45) is 2.32. The van der Waals surface area contributed by atoms with E-state index in [1.54, 1.807) is 18.4 Å². The van der Waals surface area contributed by atoms with E-state index >= 15 is 0 Å². The highest BCUT2D eigenvalue weighted by molar-refractivity contribution is 5.92. The zero-order valence-corrected chi connectivity index (χ0v) is 10.4. The molecule has 0 unspecified atom stereocenters. The molecule has 0 aliphatic heterocycles. The minimum Gasteiger partial charge on any atom is -0.469 e. The third kappa shape index (κ3) is 4.22. The Morgan fingerprint density at radius 3 is 2.79 bits per heavy atom. The second-order valence-electron chi connectivity index (χ2n) is 4.03. The minimum absolute atomic E-state index is 0.134. The standard InChI is InChI=1S/C14H15FN2O2/c15-12-5-1-2-6-13(12)17-14(18)10-16-8-7-11-4-3-9-19-11/h1-6,9,16H,7-8,10H2,(H,17,18). The van der Waals surface area contributed by atoms with Crippen molar-refractivity contribution in [2.24, 2.45) is 0 Å². The Bertz CT molecular complexity index is 526. The molecule has 4 nitrogen and oxygen atoms in total. The number of carbonyl (C=O) groups excluding carboxylic acids is 1. The van der Waals surface area contributed by atoms with E-state index in [0.29, 0.717) is 13.0 Å². The molecule has 2 N–H and O–H groups in total. The first-order valence-corrected chi connectivity index (χ1v) is 6.03. The SMILES string of the molecule is O=C(CNCCc1ccco1)Nc1ccccc1F. The third-order valence-electron chi connectivity index (χ3n) is 2.56. The molecule has 1 heterocycles. The summed E-state index contributed by atoms with van der Waals surface area (Å²) in [5.41, 5.74) is 0.195. The van der Waals surface area contributed by atoms with Crippen LogP contribution in [0.2, 0.25) is 0 Å². The molecule has 1 amide bonds. The fourth-order valence-corrected chi connectivity index (χ4v) is 1.63. The largest absolute Gasteiger partial charge is 0.469 e. The predicted octanol–water partition coefficient (Wildman–Crippen LogP) is 2.19. The van der Waals surface area contributed by atoms with Gasteiger partial charge >= 0.3 is 0 Å². The topological polar surface area (TPSA) is 54.3 Å². The van der Waals surface area contributed by atoms with Crippen molar-refractivity contribution in [1.29, 1.82) is 0 Å². The van der Waals surface area contributed by atoms with Gasteiger partial charge in [0.1, 0.15) is 11.6 Å². The van der Waals surface area contributed by atoms with Crippen LogP contribution in [0.15, 0.2) is 47.1 Å². The van der Waals surface area contributed by atoms with Crippen molar-refractivity contribution in [3.63, 3.8) is 0 Å². The van der Waals surface area contributed by atoms with Crippen molar-refractivity contribution < 1.29 is 13.6 Å². The molecule has 1 aromatic carbocycles. The monoisotopic (exact) mass is 262 g/mol. The van der Waals surface area contributed by atoms with Gasteiger partial charge in [-0.3, -0.25) is 4.79 Å². The Labute approximate surface area is 110 Å². The van der Waals surface area contributed by atoms with Gasteiger partial charge in [0.15, 0.2) is 0 Å². The van der Waals surface area contributed by atoms with Crippen molar-refractivity contribution >= 4 is 11.6 Å². The molecule has 0 aliphatic carbocycles. The van der Waals surface area contributed by atoms with E-state index in [0.717, 1.165) is 5.76 Å². The molecule has 0 aliphatic rings. The van der Waals surface area contributed by atoms with Gasteiger partial charge in [-0.25, -0.2) is 4.39 Å². The molecule has 5 heteroatoms. The number of carbonyl (C=O) groups is 1. The van der Waals surface area contributed by atoms with Gasteiger partial charge in [-0.05, 0) is 24.3 Å². The molecule has 2 rings (SSSR count). The minimum atomic E-state index is -0.438. The van der Waals surface area contributed by atoms with Crippen molar-refractivity contribution in [3.05, 3.63) is 54.2 Å². The molecule has 1 aromatic heterocycles. The molecule has 0 saturated carbocycles. The predicted molar refractivity (Wildman–Crippen MR) is 70.3 cm³/mol. The number of halogens is 1. The van der Waals surface area contributed by atoms with Crippen molar-refractivity contribution in [1.82, 2.24) is 5.32 Å². The summed E-state index contributed by atoms with van der Waals surface area (Å²) in [6.45, 7) is 0.757. The Hall–Kier alpha value is -2.14. The lowest BCUT2D eigenvalue weighted by Gasteiger charge is -2.06. The molecule has 0 atom stereocenters. The van der Waals surface area contributed by atoms with Crippen LogP contribution in [0.1, 0.15) is 5.76 Å². The first-order valence-electron chi connectivity index (χ1n) is 6.03. The lowest BCUT2D eigenvalue weighted by molar-refractivity contribution is -0.115. The molecule has 100 valence electrons. The van der Waals surface area contributed by atoms with Crippen LogP contribution in [0.5, 0.6) is 0 Å². The van der Waals surface area contributed by atoms with Gasteiger partial charge in [-0.15, -0.1) is 0 Å². The zero-order valence-electron chi connectivity index (χ0n) is 10.4. The van der Waals surface area contributed by atoms with Crippen LogP contribution in [0.25, 0.3) is 0 Å². The van der Waals surface area contributed by atoms with E-state index < -0.39 is 5.82 Å². The molecule has 0 bridgehead atoms. The fraction of sp³-hybridized carbons (Fsp3) is 0.214. The highest BCUT2D eigenvalue weighted by Gasteiger charge is 2.05. The van der Waals surface area contributed by atoms with Gasteiger partial charge in [0.2, 0.25) is 5.91 Å². The molecule has 19 heavy (non-hydrogen) atoms. The highest BCUT2D eigenvalue weighted by atomic mass is 19.1. The maximum absolute atomic E-state index is 13.3. The molecule has 0 saturated heterocycles. The number of furan rings is 1. The second-order valence-corrected chi connectivity index (χ2v) is 4.03. The molecular weight excluding hydrogens is 247 g/mol. The van der Waals surface area contributed by atoms with Crippen molar-refractivity contribution in [2.75, 3.05) is 18.4 Å². The smallest absolute Gasteiger partial charge is 0.238 e. The van der Waals surface area contributed by atoms with Gasteiger partial charge in [0, 0.05) is 13.0 Å². The van der Waals surface area contributed by atoms with Crippen LogP contribution < -0.4 is 10.6 Å². The lowest BCUT2D eigenvalue weighted by atomic mass is 10.3. The Balaban J connectivity index is 1.69. The number of hydrogen-bond acceptors (Lipinski definition) is 3. The Morgan fingerprint density at radius 2 is 2.05 bits per heavy atom. The second kappa shape index (κ2) is 6.70. The lowest BCUT2D eigenvalue weighted by Crippen LogP contribution is -2.29. The highest BCUT2D eigenvalue weighted by Crippen LogP contribution is 2.11. The summed E-state index contributed by atoms with van der Waals surface area (Å²) >= 11 is 0. The normalized spacial score (nSPS) is 10.4. The van der Waals surface area contributed by atoms with E-state index in [1.807, 2.05) is 12.1 Å². The first kappa shape index (κ1) is 13.3. The quantitative estimate of drug-likeness (QED) is 0.785. The van der Waals surface area contributed by atoms with Crippen LogP contribution in [-0.2, 0) is 11.2 Å². The molecular formula is C14H15FN2O2. The van der Waals surface area contributed by atoms with Gasteiger partial charge in [-0.2, -0.15) is 0 Å². The summed E-state index contributed by atoms with van der Waals surface area (Å²) in [5.74, 6) is 0.151. The number of hydrogen-bond donors (Lipinski definition) is 2. The Morgan fingerprint density at radius 1 is 1.21 bits per heavy atom. The summed E-state index contributed by atoms with van der Waals surface area (Å²) < 4.78 is 18.4. The first-order chi connectivity index (χ1) is 9.25. The number of nitrogens with one attached hydrogen (secondary N) is 2. The van der Waals surface area contributed by atoms with E-state index in [-0.39, 0.29) is 18.1 Å². The van der Waals surface area contributed by atoms with Gasteiger partial charge < -0.3 is 15.1 Å². The molecule has 0 spiro atoms. The molecule has 0 fully saturated rings. The van der Waals surface area contributed by atoms with E-state index in [4.69, 9.17) is 4.42 Å². The van der Waals surface area contributed by atoms with Gasteiger partial charge in [-0.1, -0.05) is 12.1 Å². The van der Waals surface area contributed by atoms with Crippen molar-refractivity contribution in [3.8, 4) is 0 Å². The maximum Gasteiger partial charge on any atom is 0.238 e. The Kier molecular flexibility index (Phi) is 4.69. The number of para-hydroxylation sites is 1. The van der Waals surface area contributed by atoms with Crippen LogP contribution in [0, 0.1) is 5.82 Å². The van der Waals surface area contributed by atoms with Gasteiger partial charge in [0.05, 0.1) is 18.5 Å². The fourth-order valence-electron chi connectivity index (χ4n) is 1.63. The molecule has 0 radical (unpaired) electrons. The number of rotatable bonds is 6. The zero-order chi connectivity index (χ0) is 13.5. The summed E-state index contributed by atoms with van der Waals surface area (Å²) in [7, 11) is 0. The van der Waals surface area contributed by atoms with E-state index in [2.05, 4.69) is 10.6 Å². The summed E-state index contributed by atoms with van der Waals surface area (Å²) in [6, 6.07) is 9.77. The number of anilines is 1. The van der Waals surface area contributed by atoms with Crippen LogP contribution in [0.4, 0.5) is 10.1 Å². The maximum atomic E-state index is 13.3. The third-order valence-corrected chi connectivity index (χ3v) is 2.56.